The van der Waals surface area contributed by atoms with Crippen molar-refractivity contribution >= 4 is 21.9 Å². The molecule has 0 aliphatic heterocycles. The van der Waals surface area contributed by atoms with Crippen molar-refractivity contribution in [1.82, 2.24) is 4.98 Å². The number of rotatable bonds is 3. The van der Waals surface area contributed by atoms with Crippen molar-refractivity contribution in [2.45, 2.75) is 0 Å². The number of carboxylic acids is 1. The van der Waals surface area contributed by atoms with Crippen LogP contribution in [0.3, 0.4) is 0 Å². The predicted molar refractivity (Wildman–Crippen MR) is 65.4 cm³/mol. The number of benzene rings is 1. The van der Waals surface area contributed by atoms with Crippen LogP contribution in [0.2, 0.25) is 0 Å². The Morgan fingerprint density at radius 3 is 2.76 bits per heavy atom. The monoisotopic (exact) mass is 293 g/mol. The third-order valence-electron chi connectivity index (χ3n) is 2.02. The van der Waals surface area contributed by atoms with Crippen molar-refractivity contribution in [1.29, 1.82) is 0 Å². The van der Waals surface area contributed by atoms with E-state index < -0.39 is 5.97 Å². The van der Waals surface area contributed by atoms with E-state index in [1.54, 1.807) is 36.5 Å². The molecule has 0 amide bonds. The Bertz CT molecular complexity index is 543. The SMILES string of the molecule is O=C(O)c1cc(Br)ccc1Oc1ccccn1. The van der Waals surface area contributed by atoms with Gasteiger partial charge in [0.15, 0.2) is 0 Å². The largest absolute Gasteiger partial charge is 0.478 e. The van der Waals surface area contributed by atoms with Crippen LogP contribution >= 0.6 is 15.9 Å². The molecule has 1 heterocycles. The van der Waals surface area contributed by atoms with Crippen LogP contribution in [0.25, 0.3) is 0 Å². The Morgan fingerprint density at radius 1 is 1.29 bits per heavy atom. The average molecular weight is 294 g/mol. The Kier molecular flexibility index (Phi) is 3.39. The lowest BCUT2D eigenvalue weighted by Gasteiger charge is -2.07. The van der Waals surface area contributed by atoms with Crippen molar-refractivity contribution in [3.8, 4) is 11.6 Å². The molecule has 1 aromatic carbocycles. The molecule has 1 N–H and O–H groups in total. The maximum Gasteiger partial charge on any atom is 0.339 e. The average Bonchev–Trinajstić information content (AvgIpc) is 2.32. The van der Waals surface area contributed by atoms with Crippen LogP contribution in [0.15, 0.2) is 47.1 Å². The van der Waals surface area contributed by atoms with Crippen molar-refractivity contribution in [3.05, 3.63) is 52.6 Å². The summed E-state index contributed by atoms with van der Waals surface area (Å²) < 4.78 is 6.10. The first kappa shape index (κ1) is 11.6. The molecule has 5 heteroatoms. The maximum absolute atomic E-state index is 11.0. The van der Waals surface area contributed by atoms with Crippen LogP contribution in [-0.2, 0) is 0 Å². The van der Waals surface area contributed by atoms with Gasteiger partial charge in [-0.3, -0.25) is 0 Å². The molecule has 0 aliphatic carbocycles. The second-order valence-electron chi connectivity index (χ2n) is 3.22. The van der Waals surface area contributed by atoms with Crippen LogP contribution in [0.4, 0.5) is 0 Å². The van der Waals surface area contributed by atoms with E-state index in [4.69, 9.17) is 9.84 Å². The highest BCUT2D eigenvalue weighted by Gasteiger charge is 2.12. The maximum atomic E-state index is 11.0. The van der Waals surface area contributed by atoms with E-state index in [1.165, 1.54) is 6.07 Å². The molecule has 4 nitrogen and oxygen atoms in total. The summed E-state index contributed by atoms with van der Waals surface area (Å²) in [6.07, 6.45) is 1.58. The van der Waals surface area contributed by atoms with Crippen molar-refractivity contribution < 1.29 is 14.6 Å². The molecule has 0 saturated heterocycles. The van der Waals surface area contributed by atoms with Gasteiger partial charge < -0.3 is 9.84 Å². The molecule has 86 valence electrons. The zero-order valence-corrected chi connectivity index (χ0v) is 10.2. The van der Waals surface area contributed by atoms with Gasteiger partial charge in [0.25, 0.3) is 0 Å². The van der Waals surface area contributed by atoms with Crippen molar-refractivity contribution in [3.63, 3.8) is 0 Å². The third kappa shape index (κ3) is 2.82. The number of hydrogen-bond acceptors (Lipinski definition) is 3. The van der Waals surface area contributed by atoms with Crippen LogP contribution < -0.4 is 4.74 Å². The van der Waals surface area contributed by atoms with Crippen molar-refractivity contribution in [2.24, 2.45) is 0 Å². The van der Waals surface area contributed by atoms with E-state index in [1.807, 2.05) is 0 Å². The summed E-state index contributed by atoms with van der Waals surface area (Å²) in [4.78, 5) is 15.0. The van der Waals surface area contributed by atoms with E-state index >= 15 is 0 Å². The van der Waals surface area contributed by atoms with Gasteiger partial charge in [0.05, 0.1) is 0 Å². The quantitative estimate of drug-likeness (QED) is 0.943. The Balaban J connectivity index is 2.36. The standard InChI is InChI=1S/C12H8BrNO3/c13-8-4-5-10(9(7-8)12(15)16)17-11-3-1-2-6-14-11/h1-7H,(H,15,16). The van der Waals surface area contributed by atoms with E-state index in [0.717, 1.165) is 0 Å². The fraction of sp³-hybridized carbons (Fsp3) is 0. The summed E-state index contributed by atoms with van der Waals surface area (Å²) in [5.41, 5.74) is 0.0880. The summed E-state index contributed by atoms with van der Waals surface area (Å²) in [6.45, 7) is 0. The summed E-state index contributed by atoms with van der Waals surface area (Å²) in [6, 6.07) is 9.97. The molecular formula is C12H8BrNO3. The smallest absolute Gasteiger partial charge is 0.339 e. The number of hydrogen-bond donors (Lipinski definition) is 1. The van der Waals surface area contributed by atoms with Gasteiger partial charge in [-0.25, -0.2) is 9.78 Å². The number of nitrogens with zero attached hydrogens (tertiary/aromatic N) is 1. The lowest BCUT2D eigenvalue weighted by atomic mass is 10.2. The number of ether oxygens (including phenoxy) is 1. The van der Waals surface area contributed by atoms with Gasteiger partial charge in [-0.2, -0.15) is 0 Å². The number of pyridine rings is 1. The molecule has 0 atom stereocenters. The molecule has 0 spiro atoms. The van der Waals surface area contributed by atoms with Gasteiger partial charge in [-0.05, 0) is 24.3 Å². The van der Waals surface area contributed by atoms with E-state index in [-0.39, 0.29) is 11.3 Å². The molecule has 0 aliphatic rings. The summed E-state index contributed by atoms with van der Waals surface area (Å²) in [5.74, 6) is -0.422. The number of aromatic carboxylic acids is 1. The summed E-state index contributed by atoms with van der Waals surface area (Å²) in [5, 5.41) is 9.05. The first-order chi connectivity index (χ1) is 8.16. The fourth-order valence-corrected chi connectivity index (χ4v) is 1.64. The number of halogens is 1. The number of carboxylic acid groups (broad SMARTS) is 1. The Hall–Kier alpha value is -1.88. The van der Waals surface area contributed by atoms with Crippen LogP contribution in [-0.4, -0.2) is 16.1 Å². The predicted octanol–water partition coefficient (Wildman–Crippen LogP) is 3.33. The topological polar surface area (TPSA) is 59.4 Å². The molecular weight excluding hydrogens is 286 g/mol. The summed E-state index contributed by atoms with van der Waals surface area (Å²) >= 11 is 3.22. The van der Waals surface area contributed by atoms with Crippen LogP contribution in [0, 0.1) is 0 Å². The van der Waals surface area contributed by atoms with Crippen LogP contribution in [0.5, 0.6) is 11.6 Å². The Labute approximate surface area is 106 Å². The second-order valence-corrected chi connectivity index (χ2v) is 4.13. The number of carbonyl (C=O) groups is 1. The molecule has 0 radical (unpaired) electrons. The van der Waals surface area contributed by atoms with E-state index in [2.05, 4.69) is 20.9 Å². The zero-order valence-electron chi connectivity index (χ0n) is 8.63. The molecule has 0 fully saturated rings. The minimum Gasteiger partial charge on any atom is -0.478 e. The number of aromatic nitrogens is 1. The molecule has 0 unspecified atom stereocenters. The molecule has 17 heavy (non-hydrogen) atoms. The zero-order chi connectivity index (χ0) is 12.3. The lowest BCUT2D eigenvalue weighted by molar-refractivity contribution is 0.0694. The normalized spacial score (nSPS) is 9.94. The van der Waals surface area contributed by atoms with Gasteiger partial charge in [0.1, 0.15) is 11.3 Å². The summed E-state index contributed by atoms with van der Waals surface area (Å²) in [7, 11) is 0. The lowest BCUT2D eigenvalue weighted by Crippen LogP contribution is -2.00. The highest BCUT2D eigenvalue weighted by Crippen LogP contribution is 2.26. The minimum atomic E-state index is -1.04. The molecule has 0 bridgehead atoms. The highest BCUT2D eigenvalue weighted by atomic mass is 79.9. The first-order valence-electron chi connectivity index (χ1n) is 4.78. The van der Waals surface area contributed by atoms with Gasteiger partial charge in [-0.1, -0.05) is 22.0 Å². The molecule has 2 rings (SSSR count). The van der Waals surface area contributed by atoms with Gasteiger partial charge in [0.2, 0.25) is 5.88 Å². The molecule has 1 aromatic heterocycles. The third-order valence-corrected chi connectivity index (χ3v) is 2.52. The van der Waals surface area contributed by atoms with Gasteiger partial charge >= 0.3 is 5.97 Å². The molecule has 0 saturated carbocycles. The Morgan fingerprint density at radius 2 is 2.12 bits per heavy atom. The highest BCUT2D eigenvalue weighted by molar-refractivity contribution is 9.10. The van der Waals surface area contributed by atoms with E-state index in [9.17, 15) is 4.79 Å². The fourth-order valence-electron chi connectivity index (χ4n) is 1.28. The van der Waals surface area contributed by atoms with Gasteiger partial charge in [0, 0.05) is 16.7 Å². The van der Waals surface area contributed by atoms with Gasteiger partial charge in [-0.15, -0.1) is 0 Å². The van der Waals surface area contributed by atoms with Crippen molar-refractivity contribution in [2.75, 3.05) is 0 Å². The van der Waals surface area contributed by atoms with E-state index in [0.29, 0.717) is 10.4 Å². The van der Waals surface area contributed by atoms with Crippen LogP contribution in [0.1, 0.15) is 10.4 Å². The first-order valence-corrected chi connectivity index (χ1v) is 5.58. The minimum absolute atomic E-state index is 0.0880. The second kappa shape index (κ2) is 4.97. The molecule has 2 aromatic rings.